The standard InChI is InChI=1S/C3H8N2.BrHO3/c1-2-3(4)5;2-1(3)4/h2H2,1H3,(H3,4,5);2H. The van der Waals surface area contributed by atoms with Crippen LogP contribution in [-0.4, -0.2) is 10.0 Å². The molecule has 0 aliphatic heterocycles. The Labute approximate surface area is 58.4 Å². The van der Waals surface area contributed by atoms with E-state index in [2.05, 4.69) is 0 Å². The summed E-state index contributed by atoms with van der Waals surface area (Å²) in [6.07, 6.45) is 0.667. The van der Waals surface area contributed by atoms with Gasteiger partial charge in [-0.05, 0) is 4.20 Å². The molecule has 0 unspecified atom stereocenters. The van der Waals surface area contributed by atoms with E-state index in [1.807, 2.05) is 6.92 Å². The second-order valence-corrected chi connectivity index (χ2v) is 1.92. The van der Waals surface area contributed by atoms with Crippen molar-refractivity contribution < 1.29 is 27.4 Å². The first-order valence-corrected chi connectivity index (χ1v) is 4.08. The second kappa shape index (κ2) is 7.83. The van der Waals surface area contributed by atoms with Gasteiger partial charge in [0.2, 0.25) is 0 Å². The van der Waals surface area contributed by atoms with Gasteiger partial charge in [0.05, 0.1) is 5.84 Å². The molecule has 56 valence electrons. The fourth-order valence-corrected chi connectivity index (χ4v) is 0. The molecule has 0 aromatic rings. The largest absolute Gasteiger partial charge is 0.433 e. The van der Waals surface area contributed by atoms with E-state index in [0.717, 1.165) is 0 Å². The molecule has 0 rings (SSSR count). The Morgan fingerprint density at radius 3 is 1.89 bits per heavy atom. The van der Waals surface area contributed by atoms with Gasteiger partial charge in [0.15, 0.2) is 0 Å². The fourth-order valence-electron chi connectivity index (χ4n) is 0. The Balaban J connectivity index is 0. The van der Waals surface area contributed by atoms with Crippen molar-refractivity contribution in [1.29, 1.82) is 5.41 Å². The van der Waals surface area contributed by atoms with Crippen LogP contribution < -0.4 is 14.1 Å². The van der Waals surface area contributed by atoms with Crippen LogP contribution >= 0.6 is 0 Å². The van der Waals surface area contributed by atoms with Crippen LogP contribution in [0.3, 0.4) is 0 Å². The zero-order valence-corrected chi connectivity index (χ0v) is 6.51. The Hall–Kier alpha value is -0.170. The number of nitrogens with one attached hydrogen (secondary N) is 1. The minimum absolute atomic E-state index is 0.255. The first-order chi connectivity index (χ1) is 4.00. The van der Waals surface area contributed by atoms with Crippen molar-refractivity contribution in [1.82, 2.24) is 0 Å². The van der Waals surface area contributed by atoms with Gasteiger partial charge in [-0.2, -0.15) is 0 Å². The summed E-state index contributed by atoms with van der Waals surface area (Å²) >= 11 is -3.40. The molecule has 0 heterocycles. The average molecular weight is 201 g/mol. The quantitative estimate of drug-likeness (QED) is 0.318. The molecule has 5 nitrogen and oxygen atoms in total. The first kappa shape index (κ1) is 11.6. The van der Waals surface area contributed by atoms with E-state index in [0.29, 0.717) is 6.42 Å². The van der Waals surface area contributed by atoms with E-state index in [4.69, 9.17) is 23.7 Å². The van der Waals surface area contributed by atoms with Crippen molar-refractivity contribution in [2.75, 3.05) is 0 Å². The molecule has 0 spiro atoms. The SMILES string of the molecule is CCC(=N)N.[O-][Br+2]([O-])O. The van der Waals surface area contributed by atoms with Gasteiger partial charge < -0.3 is 14.1 Å². The molecule has 0 saturated carbocycles. The average Bonchev–Trinajstić information content (AvgIpc) is 1.65. The smallest absolute Gasteiger partial charge is 0.388 e. The number of nitrogens with two attached hydrogens (primary N) is 1. The van der Waals surface area contributed by atoms with Crippen molar-refractivity contribution >= 4 is 5.84 Å². The van der Waals surface area contributed by atoms with Crippen molar-refractivity contribution in [3.8, 4) is 0 Å². The maximum absolute atomic E-state index is 8.63. The first-order valence-electron chi connectivity index (χ1n) is 2.08. The molecule has 0 aromatic heterocycles. The molecular weight excluding hydrogens is 192 g/mol. The molecule has 0 aliphatic carbocycles. The third kappa shape index (κ3) is 79.5. The molecule has 0 atom stereocenters. The summed E-state index contributed by atoms with van der Waals surface area (Å²) in [6.45, 7) is 1.85. The molecule has 6 heteroatoms. The second-order valence-electron chi connectivity index (χ2n) is 1.08. The summed E-state index contributed by atoms with van der Waals surface area (Å²) < 4.78 is 24.3. The van der Waals surface area contributed by atoms with Crippen LogP contribution in [-0.2, 0) is 0 Å². The highest BCUT2D eigenvalue weighted by atomic mass is 80.0. The van der Waals surface area contributed by atoms with Gasteiger partial charge >= 0.3 is 14.8 Å². The Morgan fingerprint density at radius 2 is 1.89 bits per heavy atom. The topological polar surface area (TPSA) is 116 Å². The lowest BCUT2D eigenvalue weighted by Gasteiger charge is -1.79. The summed E-state index contributed by atoms with van der Waals surface area (Å²) in [5.41, 5.74) is 4.88. The normalized spacial score (nSPS) is 8.11. The lowest BCUT2D eigenvalue weighted by molar-refractivity contribution is -1.63. The maximum atomic E-state index is 8.63. The maximum Gasteiger partial charge on any atom is 0.433 e. The van der Waals surface area contributed by atoms with Gasteiger partial charge in [-0.3, -0.25) is 5.41 Å². The zero-order valence-electron chi connectivity index (χ0n) is 4.93. The van der Waals surface area contributed by atoms with E-state index in [1.165, 1.54) is 0 Å². The van der Waals surface area contributed by atoms with Gasteiger partial charge in [0.25, 0.3) is 0 Å². The number of halogens is 1. The van der Waals surface area contributed by atoms with Crippen LogP contribution in [0.4, 0.5) is 0 Å². The lowest BCUT2D eigenvalue weighted by Crippen LogP contribution is -2.30. The number of rotatable bonds is 1. The lowest BCUT2D eigenvalue weighted by atomic mass is 10.5. The summed E-state index contributed by atoms with van der Waals surface area (Å²) in [6, 6.07) is 0. The molecule has 0 fully saturated rings. The van der Waals surface area contributed by atoms with E-state index in [-0.39, 0.29) is 5.84 Å². The highest BCUT2D eigenvalue weighted by Gasteiger charge is 1.86. The van der Waals surface area contributed by atoms with Gasteiger partial charge in [-0.15, -0.1) is 0 Å². The van der Waals surface area contributed by atoms with Gasteiger partial charge in [-0.25, -0.2) is 0 Å². The number of hydrogen-bond donors (Lipinski definition) is 3. The minimum atomic E-state index is -3.40. The van der Waals surface area contributed by atoms with E-state index >= 15 is 0 Å². The minimum Gasteiger partial charge on any atom is -0.388 e. The van der Waals surface area contributed by atoms with Crippen LogP contribution in [0.5, 0.6) is 0 Å². The Morgan fingerprint density at radius 1 is 1.78 bits per heavy atom. The number of hydrogen-bond acceptors (Lipinski definition) is 4. The van der Waals surface area contributed by atoms with Crippen LogP contribution in [0.15, 0.2) is 0 Å². The third-order valence-electron chi connectivity index (χ3n) is 0.381. The highest BCUT2D eigenvalue weighted by Crippen LogP contribution is 1.64. The van der Waals surface area contributed by atoms with E-state index < -0.39 is 14.8 Å². The zero-order chi connectivity index (χ0) is 7.86. The Bertz CT molecular complexity index is 74.7. The molecule has 0 amide bonds. The van der Waals surface area contributed by atoms with Crippen molar-refractivity contribution in [2.24, 2.45) is 5.73 Å². The predicted molar refractivity (Wildman–Crippen MR) is 24.4 cm³/mol. The molecule has 4 N–H and O–H groups in total. The summed E-state index contributed by atoms with van der Waals surface area (Å²) in [7, 11) is 0. The molecule has 0 aliphatic rings. The van der Waals surface area contributed by atoms with E-state index in [9.17, 15) is 0 Å². The van der Waals surface area contributed by atoms with Crippen molar-refractivity contribution in [2.45, 2.75) is 13.3 Å². The van der Waals surface area contributed by atoms with Gasteiger partial charge in [0, 0.05) is 6.42 Å². The molecule has 0 radical (unpaired) electrons. The van der Waals surface area contributed by atoms with Gasteiger partial charge in [-0.1, -0.05) is 6.92 Å². The van der Waals surface area contributed by atoms with Crippen LogP contribution in [0.2, 0.25) is 0 Å². The summed E-state index contributed by atoms with van der Waals surface area (Å²) in [5.74, 6) is 0.255. The van der Waals surface area contributed by atoms with Crippen LogP contribution in [0.25, 0.3) is 0 Å². The third-order valence-corrected chi connectivity index (χ3v) is 0.381. The van der Waals surface area contributed by atoms with E-state index in [1.54, 1.807) is 0 Å². The fraction of sp³-hybridized carbons (Fsp3) is 0.667. The molecule has 0 aromatic carbocycles. The monoisotopic (exact) mass is 200 g/mol. The molecule has 9 heavy (non-hydrogen) atoms. The van der Waals surface area contributed by atoms with Crippen LogP contribution in [0, 0.1) is 20.2 Å². The summed E-state index contributed by atoms with van der Waals surface area (Å²) in [5, 5.41) is 6.52. The predicted octanol–water partition coefficient (Wildman–Crippen LogP) is -2.60. The van der Waals surface area contributed by atoms with Crippen LogP contribution in [0.1, 0.15) is 13.3 Å². The number of amidine groups is 1. The Kier molecular flexibility index (Phi) is 10.1. The molecule has 0 saturated heterocycles. The molecule has 0 bridgehead atoms. The summed E-state index contributed by atoms with van der Waals surface area (Å²) in [4.78, 5) is 0. The highest BCUT2D eigenvalue weighted by molar-refractivity contribution is 5.76. The molecular formula is C3H9BrN2O3. The van der Waals surface area contributed by atoms with Crippen molar-refractivity contribution in [3.05, 3.63) is 0 Å². The van der Waals surface area contributed by atoms with Crippen molar-refractivity contribution in [3.63, 3.8) is 0 Å². The van der Waals surface area contributed by atoms with Gasteiger partial charge in [0.1, 0.15) is 0 Å².